The Hall–Kier alpha value is -2.65. The van der Waals surface area contributed by atoms with Crippen molar-refractivity contribution < 1.29 is 17.9 Å². The molecule has 0 amide bonds. The molecule has 1 aromatic heterocycles. The van der Waals surface area contributed by atoms with Crippen molar-refractivity contribution in [2.75, 3.05) is 5.43 Å². The van der Waals surface area contributed by atoms with Gasteiger partial charge in [0.1, 0.15) is 5.75 Å². The minimum absolute atomic E-state index is 0.153. The maximum atomic E-state index is 12.5. The highest BCUT2D eigenvalue weighted by Gasteiger charge is 2.36. The van der Waals surface area contributed by atoms with Crippen LogP contribution in [0.3, 0.4) is 0 Å². The van der Waals surface area contributed by atoms with E-state index >= 15 is 0 Å². The molecular formula is C16H13F3N4OS. The number of aromatic nitrogens is 2. The predicted molar refractivity (Wildman–Crippen MR) is 88.3 cm³/mol. The third kappa shape index (κ3) is 4.91. The van der Waals surface area contributed by atoms with Crippen molar-refractivity contribution in [2.24, 2.45) is 0 Å². The summed E-state index contributed by atoms with van der Waals surface area (Å²) in [6, 6.07) is 16.6. The molecule has 0 aliphatic rings. The summed E-state index contributed by atoms with van der Waals surface area (Å²) in [6.07, 6.45) is -4.52. The van der Waals surface area contributed by atoms with Gasteiger partial charge >= 0.3 is 6.18 Å². The van der Waals surface area contributed by atoms with Gasteiger partial charge in [-0.15, -0.1) is 5.10 Å². The van der Waals surface area contributed by atoms with Crippen molar-refractivity contribution in [3.8, 4) is 10.9 Å². The van der Waals surface area contributed by atoms with Crippen molar-refractivity contribution >= 4 is 17.0 Å². The second-order valence-corrected chi connectivity index (χ2v) is 5.90. The normalized spacial score (nSPS) is 11.3. The third-order valence-electron chi connectivity index (χ3n) is 3.05. The summed E-state index contributed by atoms with van der Waals surface area (Å²) in [5, 5.41) is 5.31. The van der Waals surface area contributed by atoms with Crippen LogP contribution in [0.25, 0.3) is 0 Å². The van der Waals surface area contributed by atoms with Crippen LogP contribution in [-0.4, -0.2) is 10.2 Å². The summed E-state index contributed by atoms with van der Waals surface area (Å²) in [5.74, 6) is 0.392. The minimum Gasteiger partial charge on any atom is -0.430 e. The van der Waals surface area contributed by atoms with Gasteiger partial charge in [-0.3, -0.25) is 0 Å². The number of rotatable bonds is 6. The number of alkyl halides is 3. The molecule has 0 fully saturated rings. The Morgan fingerprint density at radius 1 is 1.00 bits per heavy atom. The molecule has 1 heterocycles. The molecule has 0 saturated carbocycles. The molecule has 25 heavy (non-hydrogen) atoms. The maximum Gasteiger partial charge on any atom is 0.445 e. The topological polar surface area (TPSA) is 59.1 Å². The first kappa shape index (κ1) is 17.2. The van der Waals surface area contributed by atoms with E-state index in [-0.39, 0.29) is 5.19 Å². The van der Waals surface area contributed by atoms with E-state index in [1.165, 1.54) is 0 Å². The molecule has 0 spiro atoms. The second-order valence-electron chi connectivity index (χ2n) is 4.96. The van der Waals surface area contributed by atoms with E-state index in [1.807, 2.05) is 36.4 Å². The SMILES string of the molecule is FC(F)(F)c1nnc(Oc2cccc(CNNc3ccccc3)c2)s1. The molecule has 2 N–H and O–H groups in total. The lowest BCUT2D eigenvalue weighted by molar-refractivity contribution is -0.138. The van der Waals surface area contributed by atoms with E-state index in [9.17, 15) is 13.2 Å². The Kier molecular flexibility index (Phi) is 5.15. The fourth-order valence-electron chi connectivity index (χ4n) is 1.96. The van der Waals surface area contributed by atoms with Crippen LogP contribution in [0, 0.1) is 0 Å². The summed E-state index contributed by atoms with van der Waals surface area (Å²) >= 11 is 0.358. The van der Waals surface area contributed by atoms with E-state index in [2.05, 4.69) is 21.0 Å². The van der Waals surface area contributed by atoms with Crippen LogP contribution < -0.4 is 15.6 Å². The monoisotopic (exact) mass is 366 g/mol. The van der Waals surface area contributed by atoms with Crippen molar-refractivity contribution in [1.29, 1.82) is 0 Å². The van der Waals surface area contributed by atoms with Gasteiger partial charge in [0.05, 0.1) is 0 Å². The van der Waals surface area contributed by atoms with Crippen LogP contribution in [0.15, 0.2) is 54.6 Å². The number of halogens is 3. The van der Waals surface area contributed by atoms with Crippen LogP contribution in [0.4, 0.5) is 18.9 Å². The average molecular weight is 366 g/mol. The molecule has 0 bridgehead atoms. The molecule has 0 aliphatic heterocycles. The van der Waals surface area contributed by atoms with Crippen LogP contribution >= 0.6 is 11.3 Å². The van der Waals surface area contributed by atoms with Crippen molar-refractivity contribution in [3.05, 3.63) is 65.2 Å². The molecular weight excluding hydrogens is 353 g/mol. The molecule has 5 nitrogen and oxygen atoms in total. The van der Waals surface area contributed by atoms with E-state index in [0.717, 1.165) is 11.3 Å². The highest BCUT2D eigenvalue weighted by atomic mass is 32.1. The lowest BCUT2D eigenvalue weighted by Crippen LogP contribution is -2.20. The number of hydrogen-bond donors (Lipinski definition) is 2. The highest BCUT2D eigenvalue weighted by Crippen LogP contribution is 2.35. The smallest absolute Gasteiger partial charge is 0.430 e. The number of nitrogens with one attached hydrogen (secondary N) is 2. The first-order valence-corrected chi connectivity index (χ1v) is 8.04. The van der Waals surface area contributed by atoms with Crippen molar-refractivity contribution in [2.45, 2.75) is 12.7 Å². The Morgan fingerprint density at radius 2 is 1.80 bits per heavy atom. The molecule has 3 aromatic rings. The first-order valence-electron chi connectivity index (χ1n) is 7.22. The van der Waals surface area contributed by atoms with E-state index in [4.69, 9.17) is 4.74 Å². The van der Waals surface area contributed by atoms with Gasteiger partial charge in [-0.2, -0.15) is 13.2 Å². The van der Waals surface area contributed by atoms with Gasteiger partial charge in [-0.1, -0.05) is 46.8 Å². The minimum atomic E-state index is -4.52. The quantitative estimate of drug-likeness (QED) is 0.631. The number of ether oxygens (including phenoxy) is 1. The van der Waals surface area contributed by atoms with Gasteiger partial charge in [0.2, 0.25) is 5.01 Å². The fourth-order valence-corrected chi connectivity index (χ4v) is 2.54. The van der Waals surface area contributed by atoms with E-state index < -0.39 is 11.2 Å². The molecule has 0 aliphatic carbocycles. The average Bonchev–Trinajstić information content (AvgIpc) is 3.05. The van der Waals surface area contributed by atoms with Gasteiger partial charge in [0.25, 0.3) is 5.19 Å². The highest BCUT2D eigenvalue weighted by molar-refractivity contribution is 7.13. The van der Waals surface area contributed by atoms with Gasteiger partial charge in [0.15, 0.2) is 0 Å². The summed E-state index contributed by atoms with van der Waals surface area (Å²) in [7, 11) is 0. The zero-order chi connectivity index (χ0) is 17.7. The number of para-hydroxylation sites is 1. The van der Waals surface area contributed by atoms with E-state index in [1.54, 1.807) is 18.2 Å². The lowest BCUT2D eigenvalue weighted by atomic mass is 10.2. The fraction of sp³-hybridized carbons (Fsp3) is 0.125. The molecule has 0 radical (unpaired) electrons. The molecule has 0 atom stereocenters. The molecule has 130 valence electrons. The van der Waals surface area contributed by atoms with Crippen molar-refractivity contribution in [1.82, 2.24) is 15.6 Å². The zero-order valence-electron chi connectivity index (χ0n) is 12.7. The summed E-state index contributed by atoms with van der Waals surface area (Å²) < 4.78 is 42.9. The second kappa shape index (κ2) is 7.49. The van der Waals surface area contributed by atoms with Crippen LogP contribution in [0.1, 0.15) is 10.6 Å². The van der Waals surface area contributed by atoms with Crippen molar-refractivity contribution in [3.63, 3.8) is 0 Å². The number of benzene rings is 2. The van der Waals surface area contributed by atoms with Crippen LogP contribution in [0.5, 0.6) is 10.9 Å². The molecule has 9 heteroatoms. The van der Waals surface area contributed by atoms with E-state index in [0.29, 0.717) is 23.6 Å². The van der Waals surface area contributed by atoms with Gasteiger partial charge in [-0.05, 0) is 29.8 Å². The number of anilines is 1. The molecule has 0 unspecified atom stereocenters. The maximum absolute atomic E-state index is 12.5. The molecule has 0 saturated heterocycles. The Labute approximate surface area is 145 Å². The molecule has 3 rings (SSSR count). The summed E-state index contributed by atoms with van der Waals surface area (Å²) in [5.41, 5.74) is 7.91. The van der Waals surface area contributed by atoms with Crippen LogP contribution in [-0.2, 0) is 12.7 Å². The Bertz CT molecular complexity index is 824. The number of hydrazine groups is 1. The third-order valence-corrected chi connectivity index (χ3v) is 3.90. The largest absolute Gasteiger partial charge is 0.445 e. The first-order chi connectivity index (χ1) is 12.0. The van der Waals surface area contributed by atoms with Gasteiger partial charge in [-0.25, -0.2) is 5.43 Å². The molecule has 2 aromatic carbocycles. The lowest BCUT2D eigenvalue weighted by Gasteiger charge is -2.09. The van der Waals surface area contributed by atoms with Crippen LogP contribution in [0.2, 0.25) is 0 Å². The summed E-state index contributed by atoms with van der Waals surface area (Å²) in [4.78, 5) is 0. The zero-order valence-corrected chi connectivity index (χ0v) is 13.6. The number of hydrogen-bond acceptors (Lipinski definition) is 6. The standard InChI is InChI=1S/C16H13F3N4OS/c17-16(18,19)14-22-23-15(25-14)24-13-8-4-5-11(9-13)10-20-21-12-6-2-1-3-7-12/h1-9,20-21H,10H2. The predicted octanol–water partition coefficient (Wildman–Crippen LogP) is 4.47. The Balaban J connectivity index is 1.58. The Morgan fingerprint density at radius 3 is 2.52 bits per heavy atom. The summed E-state index contributed by atoms with van der Waals surface area (Å²) in [6.45, 7) is 0.496. The van der Waals surface area contributed by atoms with Gasteiger partial charge in [0, 0.05) is 12.2 Å². The van der Waals surface area contributed by atoms with Gasteiger partial charge < -0.3 is 10.2 Å². The number of nitrogens with zero attached hydrogens (tertiary/aromatic N) is 2.